The smallest absolute Gasteiger partial charge is 0.433 e. The summed E-state index contributed by atoms with van der Waals surface area (Å²) in [6.07, 6.45) is -2.36. The molecule has 2 aromatic rings. The first-order valence-electron chi connectivity index (χ1n) is 8.43. The number of ether oxygens (including phenoxy) is 1. The van der Waals surface area contributed by atoms with Gasteiger partial charge in [-0.2, -0.15) is 23.1 Å². The van der Waals surface area contributed by atoms with Gasteiger partial charge in [-0.25, -0.2) is 4.98 Å². The van der Waals surface area contributed by atoms with Gasteiger partial charge in [0.15, 0.2) is 11.5 Å². The fourth-order valence-electron chi connectivity index (χ4n) is 2.65. The van der Waals surface area contributed by atoms with E-state index >= 15 is 0 Å². The average Bonchev–Trinajstić information content (AvgIpc) is 3.05. The van der Waals surface area contributed by atoms with Crippen molar-refractivity contribution in [2.24, 2.45) is 0 Å². The summed E-state index contributed by atoms with van der Waals surface area (Å²) in [5.41, 5.74) is -1.00. The SMILES string of the molecule is CC(C)c1noc(CN2CCC(Oc3nccc(C(F)(F)F)n3)CC2)n1. The highest BCUT2D eigenvalue weighted by Crippen LogP contribution is 2.28. The Morgan fingerprint density at radius 1 is 1.27 bits per heavy atom. The highest BCUT2D eigenvalue weighted by molar-refractivity contribution is 5.09. The first-order chi connectivity index (χ1) is 12.3. The lowest BCUT2D eigenvalue weighted by Crippen LogP contribution is -2.38. The van der Waals surface area contributed by atoms with Crippen LogP contribution in [-0.2, 0) is 12.7 Å². The Morgan fingerprint density at radius 2 is 2.00 bits per heavy atom. The number of nitrogens with zero attached hydrogens (tertiary/aromatic N) is 5. The zero-order valence-corrected chi connectivity index (χ0v) is 14.5. The highest BCUT2D eigenvalue weighted by Gasteiger charge is 2.33. The van der Waals surface area contributed by atoms with Crippen molar-refractivity contribution in [2.75, 3.05) is 13.1 Å². The molecule has 142 valence electrons. The molecule has 1 aliphatic rings. The number of halogens is 3. The van der Waals surface area contributed by atoms with Crippen LogP contribution in [0.2, 0.25) is 0 Å². The average molecular weight is 371 g/mol. The van der Waals surface area contributed by atoms with E-state index in [4.69, 9.17) is 9.26 Å². The lowest BCUT2D eigenvalue weighted by molar-refractivity contribution is -0.141. The summed E-state index contributed by atoms with van der Waals surface area (Å²) in [5.74, 6) is 1.45. The molecule has 0 unspecified atom stereocenters. The van der Waals surface area contributed by atoms with E-state index in [2.05, 4.69) is 25.0 Å². The van der Waals surface area contributed by atoms with E-state index < -0.39 is 11.9 Å². The van der Waals surface area contributed by atoms with E-state index in [9.17, 15) is 13.2 Å². The van der Waals surface area contributed by atoms with Crippen molar-refractivity contribution < 1.29 is 22.4 Å². The van der Waals surface area contributed by atoms with Gasteiger partial charge in [-0.15, -0.1) is 0 Å². The third-order valence-electron chi connectivity index (χ3n) is 4.09. The van der Waals surface area contributed by atoms with Crippen LogP contribution in [0.15, 0.2) is 16.8 Å². The number of rotatable bonds is 5. The minimum Gasteiger partial charge on any atom is -0.460 e. The molecular weight excluding hydrogens is 351 g/mol. The monoisotopic (exact) mass is 371 g/mol. The van der Waals surface area contributed by atoms with Crippen LogP contribution >= 0.6 is 0 Å². The number of likely N-dealkylation sites (tertiary alicyclic amines) is 1. The van der Waals surface area contributed by atoms with E-state index in [0.29, 0.717) is 44.2 Å². The summed E-state index contributed by atoms with van der Waals surface area (Å²) in [5, 5.41) is 3.93. The van der Waals surface area contributed by atoms with E-state index in [1.54, 1.807) is 0 Å². The van der Waals surface area contributed by atoms with Gasteiger partial charge in [0.25, 0.3) is 0 Å². The minimum absolute atomic E-state index is 0.207. The molecule has 0 saturated carbocycles. The molecule has 1 fully saturated rings. The maximum absolute atomic E-state index is 12.7. The van der Waals surface area contributed by atoms with Crippen LogP contribution in [0.5, 0.6) is 6.01 Å². The van der Waals surface area contributed by atoms with Gasteiger partial charge in [0.1, 0.15) is 6.10 Å². The molecule has 0 aromatic carbocycles. The third kappa shape index (κ3) is 4.69. The fourth-order valence-corrected chi connectivity index (χ4v) is 2.65. The van der Waals surface area contributed by atoms with Gasteiger partial charge >= 0.3 is 12.2 Å². The Labute approximate surface area is 148 Å². The van der Waals surface area contributed by atoms with E-state index in [1.165, 1.54) is 0 Å². The molecule has 10 heteroatoms. The first-order valence-corrected chi connectivity index (χ1v) is 8.43. The van der Waals surface area contributed by atoms with E-state index in [-0.39, 0.29) is 18.0 Å². The topological polar surface area (TPSA) is 77.2 Å². The van der Waals surface area contributed by atoms with E-state index in [1.807, 2.05) is 13.8 Å². The molecule has 3 heterocycles. The van der Waals surface area contributed by atoms with E-state index in [0.717, 1.165) is 12.3 Å². The Kier molecular flexibility index (Phi) is 5.40. The van der Waals surface area contributed by atoms with Crippen molar-refractivity contribution in [1.82, 2.24) is 25.0 Å². The van der Waals surface area contributed by atoms with Gasteiger partial charge in [-0.05, 0) is 18.9 Å². The largest absolute Gasteiger partial charge is 0.460 e. The molecule has 1 aliphatic heterocycles. The van der Waals surface area contributed by atoms with Crippen molar-refractivity contribution in [2.45, 2.75) is 51.4 Å². The summed E-state index contributed by atoms with van der Waals surface area (Å²) in [6.45, 7) is 5.96. The molecule has 0 bridgehead atoms. The number of hydrogen-bond donors (Lipinski definition) is 0. The van der Waals surface area contributed by atoms with Gasteiger partial charge < -0.3 is 9.26 Å². The number of alkyl halides is 3. The van der Waals surface area contributed by atoms with Gasteiger partial charge in [0.05, 0.1) is 6.54 Å². The second-order valence-electron chi connectivity index (χ2n) is 6.52. The predicted octanol–water partition coefficient (Wildman–Crippen LogP) is 3.05. The van der Waals surface area contributed by atoms with Crippen LogP contribution < -0.4 is 4.74 Å². The second-order valence-corrected chi connectivity index (χ2v) is 6.52. The molecular formula is C16H20F3N5O2. The van der Waals surface area contributed by atoms with Crippen molar-refractivity contribution in [3.63, 3.8) is 0 Å². The van der Waals surface area contributed by atoms with Gasteiger partial charge in [0, 0.05) is 25.2 Å². The molecule has 0 atom stereocenters. The molecule has 26 heavy (non-hydrogen) atoms. The van der Waals surface area contributed by atoms with Gasteiger partial charge in [-0.1, -0.05) is 19.0 Å². The Balaban J connectivity index is 1.51. The molecule has 1 saturated heterocycles. The van der Waals surface area contributed by atoms with Crippen LogP contribution in [0.1, 0.15) is 50.0 Å². The van der Waals surface area contributed by atoms with Crippen LogP contribution in [0, 0.1) is 0 Å². The second kappa shape index (κ2) is 7.56. The lowest BCUT2D eigenvalue weighted by Gasteiger charge is -2.30. The van der Waals surface area contributed by atoms with Crippen molar-refractivity contribution in [1.29, 1.82) is 0 Å². The first kappa shape index (κ1) is 18.6. The highest BCUT2D eigenvalue weighted by atomic mass is 19.4. The van der Waals surface area contributed by atoms with Crippen LogP contribution in [-0.4, -0.2) is 44.2 Å². The Hall–Kier alpha value is -2.23. The molecule has 0 aliphatic carbocycles. The molecule has 0 radical (unpaired) electrons. The Morgan fingerprint density at radius 3 is 2.62 bits per heavy atom. The quantitative estimate of drug-likeness (QED) is 0.799. The summed E-state index contributed by atoms with van der Waals surface area (Å²) < 4.78 is 48.8. The normalized spacial score (nSPS) is 17.0. The minimum atomic E-state index is -4.51. The summed E-state index contributed by atoms with van der Waals surface area (Å²) in [7, 11) is 0. The zero-order valence-electron chi connectivity index (χ0n) is 14.5. The maximum atomic E-state index is 12.7. The van der Waals surface area contributed by atoms with Gasteiger partial charge in [0.2, 0.25) is 5.89 Å². The van der Waals surface area contributed by atoms with Crippen LogP contribution in [0.25, 0.3) is 0 Å². The fraction of sp³-hybridized carbons (Fsp3) is 0.625. The summed E-state index contributed by atoms with van der Waals surface area (Å²) in [6, 6.07) is 0.586. The maximum Gasteiger partial charge on any atom is 0.433 e. The standard InChI is InChI=1S/C16H20F3N5O2/c1-10(2)14-22-13(26-23-14)9-24-7-4-11(5-8-24)25-15-20-6-3-12(21-15)16(17,18)19/h3,6,10-11H,4-5,7-9H2,1-2H3. The summed E-state index contributed by atoms with van der Waals surface area (Å²) >= 11 is 0. The van der Waals surface area contributed by atoms with Crippen molar-refractivity contribution in [3.05, 3.63) is 29.7 Å². The predicted molar refractivity (Wildman–Crippen MR) is 84.3 cm³/mol. The molecule has 0 spiro atoms. The van der Waals surface area contributed by atoms with Gasteiger partial charge in [-0.3, -0.25) is 4.90 Å². The number of hydrogen-bond acceptors (Lipinski definition) is 7. The number of piperidine rings is 1. The Bertz CT molecular complexity index is 727. The van der Waals surface area contributed by atoms with Crippen LogP contribution in [0.3, 0.4) is 0 Å². The zero-order chi connectivity index (χ0) is 18.7. The lowest BCUT2D eigenvalue weighted by atomic mass is 10.1. The molecule has 3 rings (SSSR count). The third-order valence-corrected chi connectivity index (χ3v) is 4.09. The molecule has 2 aromatic heterocycles. The summed E-state index contributed by atoms with van der Waals surface area (Å²) in [4.78, 5) is 13.7. The number of aromatic nitrogens is 4. The molecule has 0 amide bonds. The van der Waals surface area contributed by atoms with Crippen molar-refractivity contribution >= 4 is 0 Å². The van der Waals surface area contributed by atoms with Crippen LogP contribution in [0.4, 0.5) is 13.2 Å². The van der Waals surface area contributed by atoms with Crippen molar-refractivity contribution in [3.8, 4) is 6.01 Å². The molecule has 0 N–H and O–H groups in total. The molecule has 7 nitrogen and oxygen atoms in total.